The van der Waals surface area contributed by atoms with Crippen LogP contribution in [0.1, 0.15) is 34.1 Å². The van der Waals surface area contributed by atoms with Crippen molar-refractivity contribution in [2.75, 3.05) is 0 Å². The topological polar surface area (TPSA) is 29.4 Å². The minimum absolute atomic E-state index is 0.00639. The minimum Gasteiger partial charge on any atom is -0.272 e. The molecule has 0 radical (unpaired) electrons. The second kappa shape index (κ2) is 3.86. The number of nitrogens with zero attached hydrogens (tertiary/aromatic N) is 1. The van der Waals surface area contributed by atoms with Gasteiger partial charge in [0.2, 0.25) is 5.91 Å². The molecule has 2 nitrogen and oxygen atoms in total. The van der Waals surface area contributed by atoms with Crippen LogP contribution in [-0.4, -0.2) is 11.6 Å². The number of amides is 1. The monoisotopic (exact) mass is 179 g/mol. The predicted molar refractivity (Wildman–Crippen MR) is 54.8 cm³/mol. The summed E-state index contributed by atoms with van der Waals surface area (Å²) in [6, 6.07) is 0. The Balaban J connectivity index is 2.97. The summed E-state index contributed by atoms with van der Waals surface area (Å²) in [5.41, 5.74) is 2.22. The SMILES string of the molecule is CC(C)C1=CCC(=O)N=C1C(C)C. The number of carbonyl (C=O) groups excluding carboxylic acids is 1. The standard InChI is InChI=1S/C11H17NO/c1-7(2)9-5-6-10(13)12-11(9)8(3)4/h5,7-8H,6H2,1-4H3. The van der Waals surface area contributed by atoms with Crippen molar-refractivity contribution in [1.29, 1.82) is 0 Å². The van der Waals surface area contributed by atoms with Crippen LogP contribution in [0.2, 0.25) is 0 Å². The Labute approximate surface area is 79.8 Å². The molecule has 0 N–H and O–H groups in total. The van der Waals surface area contributed by atoms with Crippen molar-refractivity contribution in [3.05, 3.63) is 11.6 Å². The van der Waals surface area contributed by atoms with E-state index in [2.05, 4.69) is 32.7 Å². The third kappa shape index (κ3) is 2.27. The predicted octanol–water partition coefficient (Wildman–Crippen LogP) is 2.60. The first-order valence-electron chi connectivity index (χ1n) is 4.84. The molecule has 1 aliphatic heterocycles. The molecule has 0 aromatic heterocycles. The Morgan fingerprint density at radius 2 is 1.85 bits per heavy atom. The van der Waals surface area contributed by atoms with Gasteiger partial charge in [0.05, 0.1) is 0 Å². The van der Waals surface area contributed by atoms with Gasteiger partial charge in [-0.3, -0.25) is 4.79 Å². The summed E-state index contributed by atoms with van der Waals surface area (Å²) in [5, 5.41) is 0. The molecule has 0 atom stereocenters. The molecule has 1 aliphatic rings. The summed E-state index contributed by atoms with van der Waals surface area (Å²) in [6.07, 6.45) is 2.50. The van der Waals surface area contributed by atoms with Crippen molar-refractivity contribution in [3.8, 4) is 0 Å². The van der Waals surface area contributed by atoms with Gasteiger partial charge in [-0.2, -0.15) is 0 Å². The summed E-state index contributed by atoms with van der Waals surface area (Å²) >= 11 is 0. The first-order chi connectivity index (χ1) is 6.02. The number of rotatable bonds is 2. The molecule has 13 heavy (non-hydrogen) atoms. The highest BCUT2D eigenvalue weighted by Crippen LogP contribution is 2.21. The summed E-state index contributed by atoms with van der Waals surface area (Å²) in [7, 11) is 0. The lowest BCUT2D eigenvalue weighted by Crippen LogP contribution is -2.20. The Kier molecular flexibility index (Phi) is 3.02. The molecule has 72 valence electrons. The van der Waals surface area contributed by atoms with Gasteiger partial charge < -0.3 is 0 Å². The lowest BCUT2D eigenvalue weighted by molar-refractivity contribution is -0.117. The van der Waals surface area contributed by atoms with Crippen LogP contribution >= 0.6 is 0 Å². The Morgan fingerprint density at radius 1 is 1.23 bits per heavy atom. The highest BCUT2D eigenvalue weighted by Gasteiger charge is 2.19. The number of hydrogen-bond donors (Lipinski definition) is 0. The number of aliphatic imine (C=N–C) groups is 1. The van der Waals surface area contributed by atoms with Gasteiger partial charge in [-0.15, -0.1) is 0 Å². The van der Waals surface area contributed by atoms with Crippen LogP contribution in [0.4, 0.5) is 0 Å². The number of hydrogen-bond acceptors (Lipinski definition) is 1. The van der Waals surface area contributed by atoms with E-state index in [-0.39, 0.29) is 5.91 Å². The van der Waals surface area contributed by atoms with Gasteiger partial charge in [-0.1, -0.05) is 33.8 Å². The van der Waals surface area contributed by atoms with Crippen molar-refractivity contribution < 1.29 is 4.79 Å². The third-order valence-electron chi connectivity index (χ3n) is 2.21. The Hall–Kier alpha value is -0.920. The van der Waals surface area contributed by atoms with E-state index in [0.717, 1.165) is 5.71 Å². The molecule has 1 amide bonds. The molecule has 0 spiro atoms. The van der Waals surface area contributed by atoms with Crippen molar-refractivity contribution in [2.24, 2.45) is 16.8 Å². The van der Waals surface area contributed by atoms with Gasteiger partial charge in [0.15, 0.2) is 0 Å². The highest BCUT2D eigenvalue weighted by atomic mass is 16.1. The smallest absolute Gasteiger partial charge is 0.249 e. The number of dihydropyridines is 1. The second-order valence-electron chi connectivity index (χ2n) is 4.06. The summed E-state index contributed by atoms with van der Waals surface area (Å²) in [6.45, 7) is 8.43. The van der Waals surface area contributed by atoms with Crippen molar-refractivity contribution in [1.82, 2.24) is 0 Å². The average molecular weight is 179 g/mol. The van der Waals surface area contributed by atoms with Crippen LogP contribution in [0.3, 0.4) is 0 Å². The molecule has 0 aromatic carbocycles. The van der Waals surface area contributed by atoms with E-state index in [9.17, 15) is 4.79 Å². The molecule has 0 aliphatic carbocycles. The molecule has 0 saturated carbocycles. The molecular weight excluding hydrogens is 162 g/mol. The van der Waals surface area contributed by atoms with E-state index in [0.29, 0.717) is 18.3 Å². The molecule has 1 heterocycles. The van der Waals surface area contributed by atoms with Gasteiger partial charge in [0.25, 0.3) is 0 Å². The molecule has 0 aromatic rings. The maximum Gasteiger partial charge on any atom is 0.249 e. The lowest BCUT2D eigenvalue weighted by atomic mass is 9.89. The van der Waals surface area contributed by atoms with Crippen molar-refractivity contribution in [2.45, 2.75) is 34.1 Å². The number of allylic oxidation sites excluding steroid dienone is 1. The second-order valence-corrected chi connectivity index (χ2v) is 4.06. The molecule has 0 saturated heterocycles. The van der Waals surface area contributed by atoms with Gasteiger partial charge in [0.1, 0.15) is 0 Å². The van der Waals surface area contributed by atoms with Crippen molar-refractivity contribution in [3.63, 3.8) is 0 Å². The average Bonchev–Trinajstić information content (AvgIpc) is 2.03. The quantitative estimate of drug-likeness (QED) is 0.640. The van der Waals surface area contributed by atoms with Crippen LogP contribution in [0.15, 0.2) is 16.6 Å². The Morgan fingerprint density at radius 3 is 2.31 bits per heavy atom. The summed E-state index contributed by atoms with van der Waals surface area (Å²) in [4.78, 5) is 15.2. The van der Waals surface area contributed by atoms with Gasteiger partial charge in [0, 0.05) is 12.1 Å². The maximum atomic E-state index is 11.1. The van der Waals surface area contributed by atoms with Crippen LogP contribution in [0.25, 0.3) is 0 Å². The van der Waals surface area contributed by atoms with Gasteiger partial charge in [-0.25, -0.2) is 4.99 Å². The zero-order valence-corrected chi connectivity index (χ0v) is 8.79. The molecule has 0 bridgehead atoms. The van der Waals surface area contributed by atoms with E-state index < -0.39 is 0 Å². The molecule has 0 unspecified atom stereocenters. The van der Waals surface area contributed by atoms with Gasteiger partial charge >= 0.3 is 0 Å². The lowest BCUT2D eigenvalue weighted by Gasteiger charge is -2.20. The fourth-order valence-corrected chi connectivity index (χ4v) is 1.54. The van der Waals surface area contributed by atoms with Crippen LogP contribution in [0.5, 0.6) is 0 Å². The Bertz CT molecular complexity index is 272. The van der Waals surface area contributed by atoms with E-state index in [1.807, 2.05) is 6.08 Å². The maximum absolute atomic E-state index is 11.1. The third-order valence-corrected chi connectivity index (χ3v) is 2.21. The van der Waals surface area contributed by atoms with Crippen LogP contribution in [0, 0.1) is 11.8 Å². The summed E-state index contributed by atoms with van der Waals surface area (Å²) in [5.74, 6) is 0.806. The fraction of sp³-hybridized carbons (Fsp3) is 0.636. The molecule has 2 heteroatoms. The van der Waals surface area contributed by atoms with Crippen LogP contribution < -0.4 is 0 Å². The fourth-order valence-electron chi connectivity index (χ4n) is 1.54. The van der Waals surface area contributed by atoms with Gasteiger partial charge in [-0.05, 0) is 17.4 Å². The van der Waals surface area contributed by atoms with E-state index >= 15 is 0 Å². The largest absolute Gasteiger partial charge is 0.272 e. The normalized spacial score (nSPS) is 17.8. The van der Waals surface area contributed by atoms with E-state index in [1.54, 1.807) is 0 Å². The highest BCUT2D eigenvalue weighted by molar-refractivity contribution is 6.09. The molecular formula is C11H17NO. The zero-order valence-electron chi connectivity index (χ0n) is 8.79. The number of carbonyl (C=O) groups is 1. The first kappa shape index (κ1) is 10.2. The van der Waals surface area contributed by atoms with Crippen molar-refractivity contribution >= 4 is 11.6 Å². The van der Waals surface area contributed by atoms with Crippen LogP contribution in [-0.2, 0) is 4.79 Å². The summed E-state index contributed by atoms with van der Waals surface area (Å²) < 4.78 is 0. The molecule has 1 rings (SSSR count). The molecule has 0 fully saturated rings. The first-order valence-corrected chi connectivity index (χ1v) is 4.84. The van der Waals surface area contributed by atoms with E-state index in [1.165, 1.54) is 5.57 Å². The van der Waals surface area contributed by atoms with E-state index in [4.69, 9.17) is 0 Å². The zero-order chi connectivity index (χ0) is 10.0. The minimum atomic E-state index is -0.00639.